The number of hydrogen-bond donors (Lipinski definition) is 5. The van der Waals surface area contributed by atoms with Gasteiger partial charge in [0, 0.05) is 57.5 Å². The summed E-state index contributed by atoms with van der Waals surface area (Å²) >= 11 is 0. The molecule has 3 rings (SSSR count). The number of nitrogens with zero attached hydrogens (tertiary/aromatic N) is 3. The van der Waals surface area contributed by atoms with E-state index in [9.17, 15) is 38.2 Å². The first kappa shape index (κ1) is 41.6. The van der Waals surface area contributed by atoms with E-state index in [2.05, 4.69) is 20.2 Å². The number of carbonyl (C=O) groups excluding carboxylic acids is 3. The Hall–Kier alpha value is -2.85. The zero-order chi connectivity index (χ0) is 36.7. The highest BCUT2D eigenvalue weighted by Crippen LogP contribution is 2.55. The summed E-state index contributed by atoms with van der Waals surface area (Å²) in [6.07, 6.45) is 6.42. The average molecular weight is 739 g/mol. The van der Waals surface area contributed by atoms with Crippen LogP contribution < -0.4 is 15.5 Å². The Morgan fingerprint density at radius 1 is 1.02 bits per heavy atom. The largest absolute Gasteiger partial charge is 0.777 e. The van der Waals surface area contributed by atoms with Crippen LogP contribution in [-0.2, 0) is 34.4 Å². The normalized spacial score (nSPS) is 18.0. The molecule has 2 unspecified atom stereocenters. The van der Waals surface area contributed by atoms with Gasteiger partial charge in [-0.15, -0.1) is 0 Å². The highest BCUT2D eigenvalue weighted by atomic mass is 31.2. The van der Waals surface area contributed by atoms with Crippen molar-refractivity contribution >= 4 is 39.9 Å². The first-order valence-corrected chi connectivity index (χ1v) is 19.9. The molecule has 0 saturated carbocycles. The molecular weight excluding hydrogens is 691 g/mol. The molecule has 1 saturated heterocycles. The zero-order valence-electron chi connectivity index (χ0n) is 28.3. The van der Waals surface area contributed by atoms with Crippen LogP contribution in [0.25, 0.3) is 0 Å². The molecule has 276 valence electrons. The smallest absolute Gasteiger partial charge is 0.480 e. The van der Waals surface area contributed by atoms with Gasteiger partial charge in [0.05, 0.1) is 12.1 Å². The van der Waals surface area contributed by atoms with Crippen LogP contribution in [0.15, 0.2) is 48.9 Å². The summed E-state index contributed by atoms with van der Waals surface area (Å²) in [7, 11) is -11.6. The summed E-state index contributed by atoms with van der Waals surface area (Å²) in [5.41, 5.74) is -1.58. The van der Waals surface area contributed by atoms with E-state index in [1.165, 1.54) is 18.6 Å². The lowest BCUT2D eigenvalue weighted by atomic mass is 9.73. The van der Waals surface area contributed by atoms with E-state index >= 15 is 0 Å². The fourth-order valence-corrected chi connectivity index (χ4v) is 7.74. The Balaban J connectivity index is 1.58. The van der Waals surface area contributed by atoms with Crippen molar-refractivity contribution in [3.8, 4) is 0 Å². The van der Waals surface area contributed by atoms with Crippen LogP contribution in [0, 0.1) is 11.8 Å². The van der Waals surface area contributed by atoms with E-state index < -0.39 is 45.6 Å². The third kappa shape index (κ3) is 14.8. The number of aromatic nitrogens is 2. The van der Waals surface area contributed by atoms with Gasteiger partial charge in [-0.3, -0.25) is 23.9 Å². The van der Waals surface area contributed by atoms with Gasteiger partial charge in [-0.25, -0.2) is 4.98 Å². The van der Waals surface area contributed by atoms with Crippen molar-refractivity contribution in [3.05, 3.63) is 60.2 Å². The molecule has 16 nitrogen and oxygen atoms in total. The van der Waals surface area contributed by atoms with Gasteiger partial charge in [-0.2, -0.15) is 0 Å². The number of benzene rings is 1. The zero-order valence-corrected chi connectivity index (χ0v) is 30.1. The average Bonchev–Trinajstić information content (AvgIpc) is 3.05. The molecule has 50 heavy (non-hydrogen) atoms. The second-order valence-electron chi connectivity index (χ2n) is 12.7. The topological polar surface area (TPSA) is 241 Å². The third-order valence-corrected chi connectivity index (χ3v) is 11.2. The molecule has 0 bridgehead atoms. The van der Waals surface area contributed by atoms with Crippen molar-refractivity contribution in [2.45, 2.75) is 70.3 Å². The minimum atomic E-state index is -5.52. The second-order valence-corrected chi connectivity index (χ2v) is 16.5. The molecule has 1 aliphatic heterocycles. The van der Waals surface area contributed by atoms with Crippen molar-refractivity contribution in [2.75, 3.05) is 32.8 Å². The maximum atomic E-state index is 13.8. The Morgan fingerprint density at radius 2 is 1.68 bits per heavy atom. The lowest BCUT2D eigenvalue weighted by Crippen LogP contribution is -2.52. The van der Waals surface area contributed by atoms with Gasteiger partial charge in [0.25, 0.3) is 0 Å². The van der Waals surface area contributed by atoms with Crippen LogP contribution in [0.2, 0.25) is 0 Å². The molecule has 2 heterocycles. The van der Waals surface area contributed by atoms with Gasteiger partial charge in [-0.05, 0) is 50.1 Å². The van der Waals surface area contributed by atoms with Gasteiger partial charge in [-0.1, -0.05) is 44.2 Å². The first-order valence-electron chi connectivity index (χ1n) is 16.6. The molecule has 4 atom stereocenters. The van der Waals surface area contributed by atoms with E-state index in [0.717, 1.165) is 5.56 Å². The lowest BCUT2D eigenvalue weighted by molar-refractivity contribution is -0.195. The van der Waals surface area contributed by atoms with Crippen molar-refractivity contribution < 1.29 is 52.4 Å². The van der Waals surface area contributed by atoms with Crippen LogP contribution >= 0.6 is 15.2 Å². The van der Waals surface area contributed by atoms with Gasteiger partial charge >= 0.3 is 14.7 Å². The van der Waals surface area contributed by atoms with Crippen molar-refractivity contribution in [1.82, 2.24) is 25.5 Å². The van der Waals surface area contributed by atoms with Gasteiger partial charge in [0.15, 0.2) is 18.9 Å². The Labute approximate surface area is 292 Å². The number of amides is 2. The van der Waals surface area contributed by atoms with Crippen LogP contribution in [0.3, 0.4) is 0 Å². The number of nitrogens with one attached hydrogen (secondary N) is 2. The summed E-state index contributed by atoms with van der Waals surface area (Å²) in [6.45, 7) is 6.34. The minimum Gasteiger partial charge on any atom is -0.777 e. The SMILES string of the molecule is CC(C)C[C@@H](NC(=O)[C@H](CC(=O)c1cnccn1)Cc1ccccc1)B1OCCCN(CCCC(=O)NC(P(=O)([O-])O)P(=O)(O)O)CCCO1. The summed E-state index contributed by atoms with van der Waals surface area (Å²) in [5, 5.41) is 4.85. The molecule has 0 radical (unpaired) electrons. The predicted molar refractivity (Wildman–Crippen MR) is 182 cm³/mol. The van der Waals surface area contributed by atoms with Crippen LogP contribution in [0.5, 0.6) is 0 Å². The number of carbonyl (C=O) groups is 3. The molecule has 1 aromatic carbocycles. The highest BCUT2D eigenvalue weighted by molar-refractivity contribution is 7.70. The fraction of sp³-hybridized carbons (Fsp3) is 0.581. The van der Waals surface area contributed by atoms with Gasteiger partial charge in [0.1, 0.15) is 5.69 Å². The maximum Gasteiger partial charge on any atom is 0.480 e. The lowest BCUT2D eigenvalue weighted by Gasteiger charge is -2.30. The minimum absolute atomic E-state index is 0.0527. The molecule has 2 amide bonds. The third-order valence-electron chi connectivity index (χ3n) is 7.96. The predicted octanol–water partition coefficient (Wildman–Crippen LogP) is 1.50. The van der Waals surface area contributed by atoms with Crippen molar-refractivity contribution in [2.24, 2.45) is 11.8 Å². The summed E-state index contributed by atoms with van der Waals surface area (Å²) in [6, 6.07) is 9.48. The molecule has 0 spiro atoms. The maximum absolute atomic E-state index is 13.8. The standard InChI is InChI=1S/C31H48BN5O11P2/c1-23(2)19-28(35-30(40)25(20-24-9-4-3-5-10-24)21-27(38)26-22-33-12-13-34-26)32-47-17-7-15-37(16-8-18-48-32)14-6-11-29(39)36-31(49(41,42)43)50(44,45)46/h3-5,9-10,12-13,22-23,25,28,31H,6-8,11,14-21H2,1-2H3,(H,35,40)(H,36,39)(H2,41,42,43)(H2,44,45,46)/p-1/t25-,28+/m0/s1. The molecule has 1 aromatic heterocycles. The Kier molecular flexibility index (Phi) is 16.8. The van der Waals surface area contributed by atoms with E-state index in [1.54, 1.807) is 5.32 Å². The highest BCUT2D eigenvalue weighted by Gasteiger charge is 2.38. The molecule has 0 aliphatic carbocycles. The van der Waals surface area contributed by atoms with E-state index in [4.69, 9.17) is 14.2 Å². The summed E-state index contributed by atoms with van der Waals surface area (Å²) in [4.78, 5) is 88.1. The van der Waals surface area contributed by atoms with Gasteiger partial charge in [0.2, 0.25) is 11.8 Å². The molecule has 1 fully saturated rings. The monoisotopic (exact) mass is 738 g/mol. The Bertz CT molecular complexity index is 1430. The van der Waals surface area contributed by atoms with Crippen LogP contribution in [-0.4, -0.2) is 98.6 Å². The van der Waals surface area contributed by atoms with E-state index in [1.807, 2.05) is 44.2 Å². The quantitative estimate of drug-likeness (QED) is 0.0878. The van der Waals surface area contributed by atoms with Gasteiger partial charge < -0.3 is 49.0 Å². The molecular formula is C31H47BN5O11P2-. The number of ketones is 1. The molecule has 2 aromatic rings. The Morgan fingerprint density at radius 3 is 2.24 bits per heavy atom. The number of Topliss-reactive ketones (excluding diaryl/α,β-unsaturated/α-hetero) is 1. The molecule has 19 heteroatoms. The van der Waals surface area contributed by atoms with E-state index in [0.29, 0.717) is 58.5 Å². The van der Waals surface area contributed by atoms with Crippen molar-refractivity contribution in [3.63, 3.8) is 0 Å². The van der Waals surface area contributed by atoms with E-state index in [-0.39, 0.29) is 42.6 Å². The first-order chi connectivity index (χ1) is 23.6. The number of rotatable bonds is 17. The van der Waals surface area contributed by atoms with Crippen LogP contribution in [0.4, 0.5) is 0 Å². The second kappa shape index (κ2) is 20.3. The molecule has 1 aliphatic rings. The summed E-state index contributed by atoms with van der Waals surface area (Å²) in [5.74, 6) is -2.45. The van der Waals surface area contributed by atoms with Crippen LogP contribution in [0.1, 0.15) is 68.4 Å². The molecule has 5 N–H and O–H groups in total. The van der Waals surface area contributed by atoms with Crippen molar-refractivity contribution in [1.29, 1.82) is 0 Å². The summed E-state index contributed by atoms with van der Waals surface area (Å²) < 4.78 is 35.1. The fourth-order valence-electron chi connectivity index (χ4n) is 5.60. The number of hydrogen-bond acceptors (Lipinski definition) is 11.